The topological polar surface area (TPSA) is 74.8 Å². The molecule has 1 aliphatic rings. The van der Waals surface area contributed by atoms with Crippen molar-refractivity contribution in [1.29, 1.82) is 0 Å². The Bertz CT molecular complexity index is 344. The van der Waals surface area contributed by atoms with Crippen molar-refractivity contribution in [2.24, 2.45) is 4.99 Å². The third-order valence-electron chi connectivity index (χ3n) is 3.23. The largest absolute Gasteiger partial charge is 0.444 e. The maximum atomic E-state index is 11.5. The van der Waals surface area contributed by atoms with Gasteiger partial charge in [0.25, 0.3) is 0 Å². The molecule has 6 heteroatoms. The van der Waals surface area contributed by atoms with E-state index in [4.69, 9.17) is 4.74 Å². The zero-order valence-corrected chi connectivity index (χ0v) is 13.8. The van der Waals surface area contributed by atoms with Crippen LogP contribution in [0.15, 0.2) is 4.99 Å². The average molecular weight is 298 g/mol. The summed E-state index contributed by atoms with van der Waals surface area (Å²) in [6.45, 7) is 6.91. The van der Waals surface area contributed by atoms with Gasteiger partial charge in [0.1, 0.15) is 5.60 Å². The van der Waals surface area contributed by atoms with Gasteiger partial charge in [-0.05, 0) is 40.0 Å². The molecule has 0 atom stereocenters. The standard InChI is InChI=1S/C15H30N4O2/c1-15(2,3)21-14(20)18-11-7-10-17-13(16-4)19-12-8-5-6-9-12/h12H,5-11H2,1-4H3,(H,18,20)(H2,16,17,19). The second-order valence-corrected chi connectivity index (χ2v) is 6.41. The lowest BCUT2D eigenvalue weighted by Gasteiger charge is -2.20. The number of alkyl carbamates (subject to hydrolysis) is 1. The van der Waals surface area contributed by atoms with Gasteiger partial charge in [0.2, 0.25) is 0 Å². The van der Waals surface area contributed by atoms with E-state index < -0.39 is 5.60 Å². The predicted molar refractivity (Wildman–Crippen MR) is 85.6 cm³/mol. The molecule has 0 aromatic carbocycles. The van der Waals surface area contributed by atoms with Crippen molar-refractivity contribution in [1.82, 2.24) is 16.0 Å². The number of guanidine groups is 1. The fourth-order valence-electron chi connectivity index (χ4n) is 2.26. The summed E-state index contributed by atoms with van der Waals surface area (Å²) in [6.07, 6.45) is 5.51. The summed E-state index contributed by atoms with van der Waals surface area (Å²) >= 11 is 0. The molecule has 6 nitrogen and oxygen atoms in total. The molecule has 0 unspecified atom stereocenters. The van der Waals surface area contributed by atoms with Gasteiger partial charge in [-0.2, -0.15) is 0 Å². The minimum atomic E-state index is -0.449. The molecule has 0 bridgehead atoms. The molecule has 1 rings (SSSR count). The first-order chi connectivity index (χ1) is 9.90. The summed E-state index contributed by atoms with van der Waals surface area (Å²) in [6, 6.07) is 0.552. The van der Waals surface area contributed by atoms with E-state index in [1.807, 2.05) is 20.8 Å². The first kappa shape index (κ1) is 17.6. The first-order valence-electron chi connectivity index (χ1n) is 7.85. The normalized spacial score (nSPS) is 16.7. The molecule has 0 aromatic rings. The van der Waals surface area contributed by atoms with Crippen LogP contribution >= 0.6 is 0 Å². The van der Waals surface area contributed by atoms with Crippen molar-refractivity contribution in [3.63, 3.8) is 0 Å². The second kappa shape index (κ2) is 8.74. The molecular formula is C15H30N4O2. The minimum Gasteiger partial charge on any atom is -0.444 e. The molecule has 1 fully saturated rings. The molecule has 21 heavy (non-hydrogen) atoms. The van der Waals surface area contributed by atoms with Crippen molar-refractivity contribution in [2.45, 2.75) is 64.5 Å². The number of amides is 1. The zero-order chi connectivity index (χ0) is 15.7. The SMILES string of the molecule is CN=C(NCCCNC(=O)OC(C)(C)C)NC1CCCC1. The van der Waals surface area contributed by atoms with Gasteiger partial charge in [0.05, 0.1) is 0 Å². The average Bonchev–Trinajstić information content (AvgIpc) is 2.87. The number of hydrogen-bond donors (Lipinski definition) is 3. The van der Waals surface area contributed by atoms with E-state index in [1.54, 1.807) is 7.05 Å². The van der Waals surface area contributed by atoms with Gasteiger partial charge in [-0.1, -0.05) is 12.8 Å². The van der Waals surface area contributed by atoms with Gasteiger partial charge >= 0.3 is 6.09 Å². The number of carbonyl (C=O) groups excluding carboxylic acids is 1. The molecule has 0 spiro atoms. The Morgan fingerprint density at radius 1 is 1.19 bits per heavy atom. The van der Waals surface area contributed by atoms with Gasteiger partial charge in [0, 0.05) is 26.2 Å². The van der Waals surface area contributed by atoms with Crippen LogP contribution in [0.1, 0.15) is 52.9 Å². The van der Waals surface area contributed by atoms with E-state index >= 15 is 0 Å². The van der Waals surface area contributed by atoms with Crippen LogP contribution in [-0.2, 0) is 4.74 Å². The Balaban J connectivity index is 2.08. The Morgan fingerprint density at radius 3 is 2.38 bits per heavy atom. The van der Waals surface area contributed by atoms with Gasteiger partial charge in [-0.3, -0.25) is 4.99 Å². The van der Waals surface area contributed by atoms with Crippen molar-refractivity contribution in [2.75, 3.05) is 20.1 Å². The predicted octanol–water partition coefficient (Wildman–Crippen LogP) is 2.01. The lowest BCUT2D eigenvalue weighted by atomic mass is 10.2. The van der Waals surface area contributed by atoms with Crippen LogP contribution in [0.2, 0.25) is 0 Å². The summed E-state index contributed by atoms with van der Waals surface area (Å²) in [5.74, 6) is 0.846. The van der Waals surface area contributed by atoms with Crippen molar-refractivity contribution in [3.8, 4) is 0 Å². The molecule has 1 saturated carbocycles. The molecule has 0 radical (unpaired) electrons. The van der Waals surface area contributed by atoms with E-state index in [1.165, 1.54) is 25.7 Å². The zero-order valence-electron chi connectivity index (χ0n) is 13.8. The minimum absolute atomic E-state index is 0.365. The number of nitrogens with zero attached hydrogens (tertiary/aromatic N) is 1. The number of rotatable bonds is 5. The third-order valence-corrected chi connectivity index (χ3v) is 3.23. The van der Waals surface area contributed by atoms with Gasteiger partial charge in [0.15, 0.2) is 5.96 Å². The maximum absolute atomic E-state index is 11.5. The summed E-state index contributed by atoms with van der Waals surface area (Å²) in [7, 11) is 1.78. The number of ether oxygens (including phenoxy) is 1. The molecule has 3 N–H and O–H groups in total. The molecular weight excluding hydrogens is 268 g/mol. The third kappa shape index (κ3) is 8.42. The van der Waals surface area contributed by atoms with Crippen LogP contribution in [0, 0.1) is 0 Å². The highest BCUT2D eigenvalue weighted by Crippen LogP contribution is 2.17. The molecule has 122 valence electrons. The maximum Gasteiger partial charge on any atom is 0.407 e. The molecule has 0 aliphatic heterocycles. The van der Waals surface area contributed by atoms with E-state index in [0.717, 1.165) is 18.9 Å². The summed E-state index contributed by atoms with van der Waals surface area (Å²) in [4.78, 5) is 15.7. The lowest BCUT2D eigenvalue weighted by Crippen LogP contribution is -2.43. The fraction of sp³-hybridized carbons (Fsp3) is 0.867. The van der Waals surface area contributed by atoms with E-state index in [2.05, 4.69) is 20.9 Å². The Morgan fingerprint density at radius 2 is 1.81 bits per heavy atom. The van der Waals surface area contributed by atoms with Crippen LogP contribution in [0.5, 0.6) is 0 Å². The molecule has 0 aromatic heterocycles. The Labute approximate surface area is 128 Å². The van der Waals surface area contributed by atoms with Crippen LogP contribution in [0.3, 0.4) is 0 Å². The Hall–Kier alpha value is -1.46. The molecule has 1 amide bonds. The quantitative estimate of drug-likeness (QED) is 0.412. The number of nitrogens with one attached hydrogen (secondary N) is 3. The van der Waals surface area contributed by atoms with Gasteiger partial charge in [-0.25, -0.2) is 4.79 Å². The van der Waals surface area contributed by atoms with Crippen molar-refractivity contribution >= 4 is 12.1 Å². The summed E-state index contributed by atoms with van der Waals surface area (Å²) in [5, 5.41) is 9.43. The summed E-state index contributed by atoms with van der Waals surface area (Å²) in [5.41, 5.74) is -0.449. The first-order valence-corrected chi connectivity index (χ1v) is 7.85. The van der Waals surface area contributed by atoms with Gasteiger partial charge in [-0.15, -0.1) is 0 Å². The number of carbonyl (C=O) groups is 1. The second-order valence-electron chi connectivity index (χ2n) is 6.41. The molecule has 0 saturated heterocycles. The van der Waals surface area contributed by atoms with Crippen molar-refractivity contribution < 1.29 is 9.53 Å². The molecule has 1 aliphatic carbocycles. The highest BCUT2D eigenvalue weighted by atomic mass is 16.6. The fourth-order valence-corrected chi connectivity index (χ4v) is 2.26. The number of aliphatic imine (C=N–C) groups is 1. The van der Waals surface area contributed by atoms with E-state index in [-0.39, 0.29) is 6.09 Å². The van der Waals surface area contributed by atoms with Crippen LogP contribution in [0.25, 0.3) is 0 Å². The summed E-state index contributed by atoms with van der Waals surface area (Å²) < 4.78 is 5.17. The van der Waals surface area contributed by atoms with Gasteiger partial charge < -0.3 is 20.7 Å². The number of hydrogen-bond acceptors (Lipinski definition) is 3. The van der Waals surface area contributed by atoms with E-state index in [9.17, 15) is 4.79 Å². The van der Waals surface area contributed by atoms with Crippen LogP contribution in [0.4, 0.5) is 4.79 Å². The molecule has 0 heterocycles. The van der Waals surface area contributed by atoms with Crippen LogP contribution < -0.4 is 16.0 Å². The van der Waals surface area contributed by atoms with E-state index in [0.29, 0.717) is 12.6 Å². The smallest absolute Gasteiger partial charge is 0.407 e. The highest BCUT2D eigenvalue weighted by molar-refractivity contribution is 5.79. The van der Waals surface area contributed by atoms with Crippen LogP contribution in [-0.4, -0.2) is 43.8 Å². The monoisotopic (exact) mass is 298 g/mol. The van der Waals surface area contributed by atoms with Crippen molar-refractivity contribution in [3.05, 3.63) is 0 Å². The highest BCUT2D eigenvalue weighted by Gasteiger charge is 2.16. The lowest BCUT2D eigenvalue weighted by molar-refractivity contribution is 0.0527. The Kier molecular flexibility index (Phi) is 7.32.